The Balaban J connectivity index is 2.43. The number of carbonyl (C=O) groups excluding carboxylic acids is 2. The van der Waals surface area contributed by atoms with Crippen molar-refractivity contribution in [2.24, 2.45) is 5.41 Å². The van der Waals surface area contributed by atoms with Crippen LogP contribution in [0.4, 0.5) is 0 Å². The van der Waals surface area contributed by atoms with Crippen LogP contribution >= 0.6 is 0 Å². The minimum absolute atomic E-state index is 0.131. The summed E-state index contributed by atoms with van der Waals surface area (Å²) in [5.74, 6) is -0.262. The Morgan fingerprint density at radius 1 is 0.609 bits per heavy atom. The molecule has 0 aromatic heterocycles. The van der Waals surface area contributed by atoms with E-state index in [1.54, 1.807) is 13.8 Å². The second kappa shape index (κ2) is 6.11. The lowest BCUT2D eigenvalue weighted by Crippen LogP contribution is -2.34. The lowest BCUT2D eigenvalue weighted by atomic mass is 9.77. The second-order valence-electron chi connectivity index (χ2n) is 7.04. The molecule has 0 bridgehead atoms. The maximum atomic E-state index is 12.9. The van der Waals surface area contributed by atoms with E-state index in [9.17, 15) is 9.59 Å². The van der Waals surface area contributed by atoms with Crippen molar-refractivity contribution in [2.75, 3.05) is 0 Å². The van der Waals surface area contributed by atoms with Crippen molar-refractivity contribution in [3.05, 3.63) is 69.8 Å². The van der Waals surface area contributed by atoms with E-state index in [1.807, 2.05) is 64.1 Å². The van der Waals surface area contributed by atoms with Crippen LogP contribution in [0.2, 0.25) is 0 Å². The fourth-order valence-electron chi connectivity index (χ4n) is 3.04. The zero-order chi connectivity index (χ0) is 17.4. The Bertz CT molecular complexity index is 676. The van der Waals surface area contributed by atoms with E-state index in [0.717, 1.165) is 22.3 Å². The molecule has 0 radical (unpaired) electrons. The lowest BCUT2D eigenvalue weighted by Gasteiger charge is -2.22. The summed E-state index contributed by atoms with van der Waals surface area (Å²) in [6.07, 6.45) is 0. The van der Waals surface area contributed by atoms with Crippen molar-refractivity contribution in [3.63, 3.8) is 0 Å². The summed E-state index contributed by atoms with van der Waals surface area (Å²) in [6, 6.07) is 11.5. The number of benzene rings is 2. The highest BCUT2D eigenvalue weighted by molar-refractivity contribution is 6.19. The van der Waals surface area contributed by atoms with Gasteiger partial charge in [0.2, 0.25) is 0 Å². The smallest absolute Gasteiger partial charge is 0.176 e. The van der Waals surface area contributed by atoms with Crippen LogP contribution in [-0.2, 0) is 0 Å². The van der Waals surface area contributed by atoms with Gasteiger partial charge in [0.1, 0.15) is 0 Å². The molecule has 2 heteroatoms. The fraction of sp³-hybridized carbons (Fsp3) is 0.333. The average molecular weight is 308 g/mol. The van der Waals surface area contributed by atoms with Gasteiger partial charge in [-0.3, -0.25) is 9.59 Å². The molecule has 0 heterocycles. The van der Waals surface area contributed by atoms with Crippen LogP contribution in [0.25, 0.3) is 0 Å². The summed E-state index contributed by atoms with van der Waals surface area (Å²) in [5.41, 5.74) is 4.24. The van der Waals surface area contributed by atoms with Gasteiger partial charge in [0.25, 0.3) is 0 Å². The molecule has 2 aromatic carbocycles. The molecule has 23 heavy (non-hydrogen) atoms. The zero-order valence-electron chi connectivity index (χ0n) is 14.8. The molecule has 0 spiro atoms. The predicted octanol–water partition coefficient (Wildman–Crippen LogP) is 5.01. The molecule has 120 valence electrons. The van der Waals surface area contributed by atoms with E-state index < -0.39 is 5.41 Å². The van der Waals surface area contributed by atoms with E-state index >= 15 is 0 Å². The quantitative estimate of drug-likeness (QED) is 0.587. The Morgan fingerprint density at radius 3 is 1.13 bits per heavy atom. The molecular weight excluding hydrogens is 284 g/mol. The van der Waals surface area contributed by atoms with E-state index in [-0.39, 0.29) is 11.6 Å². The van der Waals surface area contributed by atoms with Crippen molar-refractivity contribution in [1.82, 2.24) is 0 Å². The highest BCUT2D eigenvalue weighted by Crippen LogP contribution is 2.28. The Kier molecular flexibility index (Phi) is 4.56. The van der Waals surface area contributed by atoms with Crippen LogP contribution in [0.3, 0.4) is 0 Å². The highest BCUT2D eigenvalue weighted by atomic mass is 16.2. The average Bonchev–Trinajstić information content (AvgIpc) is 2.43. The molecule has 0 N–H and O–H groups in total. The Hall–Kier alpha value is -2.22. The SMILES string of the molecule is Cc1cc(C)cc(C(=O)C(C)(C)C(=O)c2cc(C)cc(C)c2)c1. The largest absolute Gasteiger partial charge is 0.293 e. The van der Waals surface area contributed by atoms with Crippen LogP contribution in [0, 0.1) is 33.1 Å². The lowest BCUT2D eigenvalue weighted by molar-refractivity contribution is 0.0711. The monoisotopic (exact) mass is 308 g/mol. The van der Waals surface area contributed by atoms with E-state index in [1.165, 1.54) is 0 Å². The van der Waals surface area contributed by atoms with Crippen molar-refractivity contribution >= 4 is 11.6 Å². The van der Waals surface area contributed by atoms with Gasteiger partial charge >= 0.3 is 0 Å². The summed E-state index contributed by atoms with van der Waals surface area (Å²) in [6.45, 7) is 11.3. The van der Waals surface area contributed by atoms with E-state index in [2.05, 4.69) is 0 Å². The molecule has 0 aliphatic heterocycles. The molecular formula is C21H24O2. The summed E-state index contributed by atoms with van der Waals surface area (Å²) < 4.78 is 0. The first kappa shape index (κ1) is 17.1. The third-order valence-electron chi connectivity index (χ3n) is 4.10. The van der Waals surface area contributed by atoms with Gasteiger partial charge in [-0.2, -0.15) is 0 Å². The van der Waals surface area contributed by atoms with Gasteiger partial charge < -0.3 is 0 Å². The van der Waals surface area contributed by atoms with E-state index in [0.29, 0.717) is 11.1 Å². The third kappa shape index (κ3) is 3.58. The van der Waals surface area contributed by atoms with E-state index in [4.69, 9.17) is 0 Å². The van der Waals surface area contributed by atoms with Gasteiger partial charge in [-0.15, -0.1) is 0 Å². The number of hydrogen-bond donors (Lipinski definition) is 0. The standard InChI is InChI=1S/C21H24O2/c1-13-7-14(2)10-17(9-13)19(22)21(5,6)20(23)18-11-15(3)8-16(4)12-18/h7-12H,1-6H3. The third-order valence-corrected chi connectivity index (χ3v) is 4.10. The number of carbonyl (C=O) groups is 2. The van der Waals surface area contributed by atoms with Crippen LogP contribution in [0.1, 0.15) is 56.8 Å². The first-order valence-corrected chi connectivity index (χ1v) is 7.87. The summed E-state index contributed by atoms with van der Waals surface area (Å²) >= 11 is 0. The molecule has 0 saturated carbocycles. The van der Waals surface area contributed by atoms with Crippen LogP contribution < -0.4 is 0 Å². The second-order valence-corrected chi connectivity index (χ2v) is 7.04. The first-order valence-electron chi connectivity index (χ1n) is 7.87. The maximum absolute atomic E-state index is 12.9. The summed E-state index contributed by atoms with van der Waals surface area (Å²) in [4.78, 5) is 25.9. The highest BCUT2D eigenvalue weighted by Gasteiger charge is 2.37. The van der Waals surface area contributed by atoms with Crippen molar-refractivity contribution in [3.8, 4) is 0 Å². The number of aryl methyl sites for hydroxylation is 4. The molecule has 0 fully saturated rings. The molecule has 0 aliphatic rings. The molecule has 2 aromatic rings. The molecule has 0 amide bonds. The number of hydrogen-bond acceptors (Lipinski definition) is 2. The Labute approximate surface area is 138 Å². The molecule has 0 atom stereocenters. The fourth-order valence-corrected chi connectivity index (χ4v) is 3.04. The van der Waals surface area contributed by atoms with Gasteiger partial charge in [0.15, 0.2) is 11.6 Å². The molecule has 0 aliphatic carbocycles. The minimum atomic E-state index is -1.08. The topological polar surface area (TPSA) is 34.1 Å². The van der Waals surface area contributed by atoms with Gasteiger partial charge in [-0.1, -0.05) is 34.4 Å². The van der Waals surface area contributed by atoms with Crippen LogP contribution in [0.5, 0.6) is 0 Å². The molecule has 0 unspecified atom stereocenters. The maximum Gasteiger partial charge on any atom is 0.176 e. The predicted molar refractivity (Wildman–Crippen MR) is 94.3 cm³/mol. The molecule has 0 saturated heterocycles. The number of Topliss-reactive ketones (excluding diaryl/α,β-unsaturated/α-hetero) is 2. The van der Waals surface area contributed by atoms with Gasteiger partial charge in [-0.05, 0) is 65.8 Å². The summed E-state index contributed by atoms with van der Waals surface area (Å²) in [7, 11) is 0. The van der Waals surface area contributed by atoms with Crippen LogP contribution in [-0.4, -0.2) is 11.6 Å². The minimum Gasteiger partial charge on any atom is -0.293 e. The first-order chi connectivity index (χ1) is 10.6. The Morgan fingerprint density at radius 2 is 0.870 bits per heavy atom. The normalized spacial score (nSPS) is 11.4. The number of rotatable bonds is 4. The molecule has 2 nitrogen and oxygen atoms in total. The van der Waals surface area contributed by atoms with Crippen LogP contribution in [0.15, 0.2) is 36.4 Å². The van der Waals surface area contributed by atoms with Gasteiger partial charge in [0.05, 0.1) is 5.41 Å². The van der Waals surface area contributed by atoms with Gasteiger partial charge in [0, 0.05) is 11.1 Å². The zero-order valence-corrected chi connectivity index (χ0v) is 14.8. The van der Waals surface area contributed by atoms with Crippen molar-refractivity contribution in [1.29, 1.82) is 0 Å². The van der Waals surface area contributed by atoms with Gasteiger partial charge in [-0.25, -0.2) is 0 Å². The summed E-state index contributed by atoms with van der Waals surface area (Å²) in [5, 5.41) is 0. The number of ketones is 2. The molecule has 2 rings (SSSR count). The van der Waals surface area contributed by atoms with Crippen molar-refractivity contribution < 1.29 is 9.59 Å². The van der Waals surface area contributed by atoms with Crippen molar-refractivity contribution in [2.45, 2.75) is 41.5 Å².